The number of benzene rings is 5. The molecule has 1 atom stereocenters. The monoisotopic (exact) mass is 627 g/mol. The van der Waals surface area contributed by atoms with Crippen molar-refractivity contribution in [3.8, 4) is 5.75 Å². The van der Waals surface area contributed by atoms with Gasteiger partial charge in [-0.15, -0.1) is 11.8 Å². The first-order chi connectivity index (χ1) is 22.4. The lowest BCUT2D eigenvalue weighted by atomic mass is 10.1. The second-order valence-electron chi connectivity index (χ2n) is 10.4. The molecule has 5 aromatic carbocycles. The third-order valence-corrected chi connectivity index (χ3v) is 8.25. The number of para-hydroxylation sites is 2. The molecule has 0 fully saturated rings. The van der Waals surface area contributed by atoms with Crippen LogP contribution in [0.3, 0.4) is 0 Å². The Hall–Kier alpha value is -5.60. The van der Waals surface area contributed by atoms with Crippen LogP contribution in [0.4, 0.5) is 11.4 Å². The number of thioether (sulfide) groups is 1. The molecule has 0 aliphatic rings. The summed E-state index contributed by atoms with van der Waals surface area (Å²) in [5.41, 5.74) is 4.37. The van der Waals surface area contributed by atoms with Crippen LogP contribution in [-0.4, -0.2) is 24.8 Å². The number of hydrogen-bond acceptors (Lipinski definition) is 5. The molecule has 0 saturated heterocycles. The van der Waals surface area contributed by atoms with Crippen LogP contribution in [0.15, 0.2) is 144 Å². The summed E-state index contributed by atoms with van der Waals surface area (Å²) >= 11 is 1.39. The normalized spacial score (nSPS) is 11.7. The SMILES string of the molecule is COc1ccccc1NC(=O)C(Sc1ccc(NC(=O)/C(=C/c2ccc(C)cc2)NC(=O)c2ccccc2)cc1)c1ccccc1. The third kappa shape index (κ3) is 8.52. The van der Waals surface area contributed by atoms with Crippen molar-refractivity contribution in [1.82, 2.24) is 5.32 Å². The fraction of sp³-hybridized carbons (Fsp3) is 0.0789. The first-order valence-electron chi connectivity index (χ1n) is 14.6. The molecule has 3 N–H and O–H groups in total. The minimum Gasteiger partial charge on any atom is -0.495 e. The van der Waals surface area contributed by atoms with E-state index in [-0.39, 0.29) is 17.5 Å². The molecule has 3 amide bonds. The third-order valence-electron chi connectivity index (χ3n) is 6.99. The van der Waals surface area contributed by atoms with Crippen molar-refractivity contribution in [2.45, 2.75) is 17.1 Å². The zero-order chi connectivity index (χ0) is 32.3. The van der Waals surface area contributed by atoms with Gasteiger partial charge in [-0.1, -0.05) is 90.5 Å². The largest absolute Gasteiger partial charge is 0.495 e. The maximum Gasteiger partial charge on any atom is 0.272 e. The maximum atomic E-state index is 13.5. The summed E-state index contributed by atoms with van der Waals surface area (Å²) in [5.74, 6) is -0.482. The van der Waals surface area contributed by atoms with Gasteiger partial charge in [0.05, 0.1) is 12.8 Å². The predicted molar refractivity (Wildman–Crippen MR) is 185 cm³/mol. The smallest absolute Gasteiger partial charge is 0.272 e. The quantitative estimate of drug-likeness (QED) is 0.102. The summed E-state index contributed by atoms with van der Waals surface area (Å²) in [4.78, 5) is 40.8. The number of amides is 3. The molecule has 8 heteroatoms. The Morgan fingerprint density at radius 1 is 0.717 bits per heavy atom. The zero-order valence-electron chi connectivity index (χ0n) is 25.4. The summed E-state index contributed by atoms with van der Waals surface area (Å²) in [6.45, 7) is 1.98. The van der Waals surface area contributed by atoms with Crippen molar-refractivity contribution < 1.29 is 19.1 Å². The van der Waals surface area contributed by atoms with Gasteiger partial charge in [0.2, 0.25) is 5.91 Å². The lowest BCUT2D eigenvalue weighted by Gasteiger charge is -2.18. The molecule has 0 aromatic heterocycles. The van der Waals surface area contributed by atoms with Crippen molar-refractivity contribution in [2.24, 2.45) is 0 Å². The van der Waals surface area contributed by atoms with Crippen LogP contribution in [0.5, 0.6) is 5.75 Å². The molecule has 1 unspecified atom stereocenters. The van der Waals surface area contributed by atoms with E-state index in [1.807, 2.05) is 91.9 Å². The number of anilines is 2. The Morgan fingerprint density at radius 3 is 2.02 bits per heavy atom. The van der Waals surface area contributed by atoms with Gasteiger partial charge in [-0.2, -0.15) is 0 Å². The average molecular weight is 628 g/mol. The molecule has 0 heterocycles. The molecule has 0 bridgehead atoms. The van der Waals surface area contributed by atoms with E-state index in [0.29, 0.717) is 22.7 Å². The van der Waals surface area contributed by atoms with Crippen molar-refractivity contribution in [2.75, 3.05) is 17.7 Å². The highest BCUT2D eigenvalue weighted by atomic mass is 32.2. The number of carbonyl (C=O) groups excluding carboxylic acids is 3. The number of aryl methyl sites for hydroxylation is 1. The molecule has 5 aromatic rings. The zero-order valence-corrected chi connectivity index (χ0v) is 26.2. The average Bonchev–Trinajstić information content (AvgIpc) is 3.09. The van der Waals surface area contributed by atoms with Crippen molar-refractivity contribution in [3.05, 3.63) is 161 Å². The molecule has 0 radical (unpaired) electrons. The highest BCUT2D eigenvalue weighted by Gasteiger charge is 2.23. The van der Waals surface area contributed by atoms with E-state index in [1.54, 1.807) is 61.7 Å². The Balaban J connectivity index is 1.33. The predicted octanol–water partition coefficient (Wildman–Crippen LogP) is 7.89. The molecule has 0 aliphatic heterocycles. The lowest BCUT2D eigenvalue weighted by Crippen LogP contribution is -2.30. The van der Waals surface area contributed by atoms with Crippen LogP contribution < -0.4 is 20.7 Å². The van der Waals surface area contributed by atoms with Crippen molar-refractivity contribution in [1.29, 1.82) is 0 Å². The molecular weight excluding hydrogens is 595 g/mol. The van der Waals surface area contributed by atoms with Crippen LogP contribution in [0.25, 0.3) is 6.08 Å². The minimum absolute atomic E-state index is 0.105. The van der Waals surface area contributed by atoms with E-state index in [9.17, 15) is 14.4 Å². The number of methoxy groups -OCH3 is 1. The number of rotatable bonds is 11. The summed E-state index contributed by atoms with van der Waals surface area (Å²) in [6.07, 6.45) is 1.64. The summed E-state index contributed by atoms with van der Waals surface area (Å²) in [5, 5.41) is 8.10. The number of carbonyl (C=O) groups is 3. The van der Waals surface area contributed by atoms with Gasteiger partial charge in [0.1, 0.15) is 16.7 Å². The number of nitrogens with one attached hydrogen (secondary N) is 3. The van der Waals surface area contributed by atoms with Crippen LogP contribution >= 0.6 is 11.8 Å². The topological polar surface area (TPSA) is 96.5 Å². The van der Waals surface area contributed by atoms with E-state index in [0.717, 1.165) is 21.6 Å². The number of ether oxygens (including phenoxy) is 1. The summed E-state index contributed by atoms with van der Waals surface area (Å²) in [6, 6.07) is 40.4. The van der Waals surface area contributed by atoms with Gasteiger partial charge in [0, 0.05) is 16.1 Å². The highest BCUT2D eigenvalue weighted by Crippen LogP contribution is 2.37. The van der Waals surface area contributed by atoms with Gasteiger partial charge in [-0.25, -0.2) is 0 Å². The maximum absolute atomic E-state index is 13.5. The lowest BCUT2D eigenvalue weighted by molar-refractivity contribution is -0.116. The van der Waals surface area contributed by atoms with E-state index in [4.69, 9.17) is 4.74 Å². The summed E-state index contributed by atoms with van der Waals surface area (Å²) < 4.78 is 5.41. The Kier molecular flexibility index (Phi) is 10.7. The summed E-state index contributed by atoms with van der Waals surface area (Å²) in [7, 11) is 1.56. The number of hydrogen-bond donors (Lipinski definition) is 3. The minimum atomic E-state index is -0.552. The van der Waals surface area contributed by atoms with Crippen molar-refractivity contribution >= 4 is 46.9 Å². The van der Waals surface area contributed by atoms with Gasteiger partial charge in [0.15, 0.2) is 0 Å². The second kappa shape index (κ2) is 15.4. The fourth-order valence-electron chi connectivity index (χ4n) is 4.57. The first kappa shape index (κ1) is 31.8. The molecule has 230 valence electrons. The Labute approximate surface area is 272 Å². The molecule has 5 rings (SSSR count). The van der Waals surface area contributed by atoms with Gasteiger partial charge in [-0.3, -0.25) is 14.4 Å². The van der Waals surface area contributed by atoms with Gasteiger partial charge >= 0.3 is 0 Å². The Morgan fingerprint density at radius 2 is 1.35 bits per heavy atom. The molecular formula is C38H33N3O4S. The molecule has 7 nitrogen and oxygen atoms in total. The van der Waals surface area contributed by atoms with Gasteiger partial charge < -0.3 is 20.7 Å². The van der Waals surface area contributed by atoms with E-state index >= 15 is 0 Å². The van der Waals surface area contributed by atoms with Crippen LogP contribution in [0, 0.1) is 6.92 Å². The molecule has 0 saturated carbocycles. The van der Waals surface area contributed by atoms with E-state index in [1.165, 1.54) is 11.8 Å². The standard InChI is InChI=1S/C38H33N3O4S/c1-26-17-19-27(20-18-26)25-33(41-36(42)29-13-7-4-8-14-29)37(43)39-30-21-23-31(24-22-30)46-35(28-11-5-3-6-12-28)38(44)40-32-15-9-10-16-34(32)45-2/h3-25,35H,1-2H3,(H,39,43)(H,40,44)(H,41,42)/b33-25-. The molecule has 46 heavy (non-hydrogen) atoms. The highest BCUT2D eigenvalue weighted by molar-refractivity contribution is 8.00. The van der Waals surface area contributed by atoms with E-state index < -0.39 is 11.2 Å². The van der Waals surface area contributed by atoms with Gasteiger partial charge in [-0.05, 0) is 72.7 Å². The molecule has 0 spiro atoms. The van der Waals surface area contributed by atoms with Crippen molar-refractivity contribution in [3.63, 3.8) is 0 Å². The Bertz CT molecular complexity index is 1820. The first-order valence-corrected chi connectivity index (χ1v) is 15.5. The second-order valence-corrected chi connectivity index (χ2v) is 11.5. The van der Waals surface area contributed by atoms with Crippen LogP contribution in [-0.2, 0) is 9.59 Å². The van der Waals surface area contributed by atoms with Crippen LogP contribution in [0.1, 0.15) is 32.3 Å². The molecule has 0 aliphatic carbocycles. The van der Waals surface area contributed by atoms with Gasteiger partial charge in [0.25, 0.3) is 11.8 Å². The fourth-order valence-corrected chi connectivity index (χ4v) is 5.59. The van der Waals surface area contributed by atoms with E-state index in [2.05, 4.69) is 16.0 Å². The van der Waals surface area contributed by atoms with Crippen LogP contribution in [0.2, 0.25) is 0 Å².